The quantitative estimate of drug-likeness (QED) is 0.710. The zero-order chi connectivity index (χ0) is 10.8. The molecule has 5 heteroatoms. The van der Waals surface area contributed by atoms with Gasteiger partial charge >= 0.3 is 0 Å². The van der Waals surface area contributed by atoms with Gasteiger partial charge < -0.3 is 10.2 Å². The van der Waals surface area contributed by atoms with Crippen molar-refractivity contribution in [1.29, 1.82) is 0 Å². The molecule has 0 saturated carbocycles. The maximum absolute atomic E-state index is 11.6. The summed E-state index contributed by atoms with van der Waals surface area (Å²) in [5.41, 5.74) is 0. The first kappa shape index (κ1) is 11.1. The summed E-state index contributed by atoms with van der Waals surface area (Å²) < 4.78 is 11.2. The summed E-state index contributed by atoms with van der Waals surface area (Å²) in [6, 6.07) is 0.398. The Morgan fingerprint density at radius 1 is 1.33 bits per heavy atom. The Morgan fingerprint density at radius 2 is 2.00 bits per heavy atom. The van der Waals surface area contributed by atoms with Gasteiger partial charge in [0, 0.05) is 41.9 Å². The highest BCUT2D eigenvalue weighted by Crippen LogP contribution is 2.14. The van der Waals surface area contributed by atoms with Gasteiger partial charge in [-0.05, 0) is 19.3 Å². The molecule has 15 heavy (non-hydrogen) atoms. The number of likely N-dealkylation sites (N-methyl/N-ethyl adjacent to an activating group) is 1. The minimum absolute atomic E-state index is 0.00605. The normalized spacial score (nSPS) is 37.3. The molecule has 4 nitrogen and oxygen atoms in total. The second-order valence-electron chi connectivity index (χ2n) is 4.39. The molecule has 0 aliphatic carbocycles. The predicted octanol–water partition coefficient (Wildman–Crippen LogP) is -0.282. The summed E-state index contributed by atoms with van der Waals surface area (Å²) in [5.74, 6) is 1.78. The van der Waals surface area contributed by atoms with Gasteiger partial charge in [0.15, 0.2) is 0 Å². The smallest absolute Gasteiger partial charge is 0.239 e. The predicted molar refractivity (Wildman–Crippen MR) is 60.1 cm³/mol. The van der Waals surface area contributed by atoms with Gasteiger partial charge in [0.2, 0.25) is 5.91 Å². The molecule has 0 radical (unpaired) electrons. The van der Waals surface area contributed by atoms with Crippen molar-refractivity contribution in [2.24, 2.45) is 0 Å². The SMILES string of the molecule is CN1CCC(NC2CCS(=O)CC2)C1=O. The molecular formula is C10H18N2O2S. The Hall–Kier alpha value is -0.420. The molecule has 1 unspecified atom stereocenters. The van der Waals surface area contributed by atoms with Crippen molar-refractivity contribution in [3.8, 4) is 0 Å². The number of hydrogen-bond acceptors (Lipinski definition) is 3. The summed E-state index contributed by atoms with van der Waals surface area (Å²) in [6.07, 6.45) is 2.80. The Morgan fingerprint density at radius 3 is 2.53 bits per heavy atom. The summed E-state index contributed by atoms with van der Waals surface area (Å²) >= 11 is 0. The standard InChI is InChI=1S/C10H18N2O2S/c1-12-5-2-9(10(12)13)11-8-3-6-15(14)7-4-8/h8-9,11H,2-7H2,1H3. The molecule has 0 aromatic carbocycles. The molecule has 2 aliphatic heterocycles. The summed E-state index contributed by atoms with van der Waals surface area (Å²) in [5, 5.41) is 3.39. The van der Waals surface area contributed by atoms with E-state index >= 15 is 0 Å². The fraction of sp³-hybridized carbons (Fsp3) is 0.900. The zero-order valence-electron chi connectivity index (χ0n) is 9.07. The van der Waals surface area contributed by atoms with Crippen LogP contribution in [0.15, 0.2) is 0 Å². The second kappa shape index (κ2) is 4.61. The van der Waals surface area contributed by atoms with Gasteiger partial charge in [-0.15, -0.1) is 0 Å². The van der Waals surface area contributed by atoms with Crippen LogP contribution in [0.1, 0.15) is 19.3 Å². The van der Waals surface area contributed by atoms with E-state index < -0.39 is 10.8 Å². The highest BCUT2D eigenvalue weighted by Gasteiger charge is 2.31. The molecule has 1 atom stereocenters. The molecule has 2 saturated heterocycles. The minimum atomic E-state index is -0.615. The minimum Gasteiger partial charge on any atom is -0.344 e. The number of likely N-dealkylation sites (tertiary alicyclic amines) is 1. The van der Waals surface area contributed by atoms with Crippen LogP contribution in [0.4, 0.5) is 0 Å². The monoisotopic (exact) mass is 230 g/mol. The molecule has 1 N–H and O–H groups in total. The van der Waals surface area contributed by atoms with Crippen LogP contribution in [0, 0.1) is 0 Å². The molecule has 2 heterocycles. The van der Waals surface area contributed by atoms with E-state index in [1.54, 1.807) is 4.90 Å². The molecule has 0 aromatic rings. The molecular weight excluding hydrogens is 212 g/mol. The van der Waals surface area contributed by atoms with Crippen molar-refractivity contribution in [1.82, 2.24) is 10.2 Å². The van der Waals surface area contributed by atoms with Crippen molar-refractivity contribution in [3.05, 3.63) is 0 Å². The molecule has 2 rings (SSSR count). The van der Waals surface area contributed by atoms with Gasteiger partial charge in [-0.1, -0.05) is 0 Å². The van der Waals surface area contributed by atoms with Gasteiger partial charge in [0.25, 0.3) is 0 Å². The number of nitrogens with one attached hydrogen (secondary N) is 1. The molecule has 2 aliphatic rings. The lowest BCUT2D eigenvalue weighted by molar-refractivity contribution is -0.128. The van der Waals surface area contributed by atoms with Gasteiger partial charge in [0.05, 0.1) is 6.04 Å². The van der Waals surface area contributed by atoms with Gasteiger partial charge in [-0.2, -0.15) is 0 Å². The largest absolute Gasteiger partial charge is 0.344 e. The number of hydrogen-bond donors (Lipinski definition) is 1. The summed E-state index contributed by atoms with van der Waals surface area (Å²) in [7, 11) is 1.23. The Bertz CT molecular complexity index is 273. The van der Waals surface area contributed by atoms with Crippen molar-refractivity contribution >= 4 is 16.7 Å². The van der Waals surface area contributed by atoms with E-state index in [0.717, 1.165) is 37.3 Å². The van der Waals surface area contributed by atoms with Gasteiger partial charge in [0.1, 0.15) is 0 Å². The summed E-state index contributed by atoms with van der Waals surface area (Å²) in [4.78, 5) is 13.4. The second-order valence-corrected chi connectivity index (χ2v) is 6.09. The van der Waals surface area contributed by atoms with Gasteiger partial charge in [-0.3, -0.25) is 9.00 Å². The molecule has 0 aromatic heterocycles. The lowest BCUT2D eigenvalue weighted by Crippen LogP contribution is -2.45. The van der Waals surface area contributed by atoms with Crippen LogP contribution in [-0.4, -0.2) is 52.2 Å². The van der Waals surface area contributed by atoms with Crippen LogP contribution in [-0.2, 0) is 15.6 Å². The van der Waals surface area contributed by atoms with Crippen molar-refractivity contribution in [2.75, 3.05) is 25.1 Å². The maximum atomic E-state index is 11.6. The number of carbonyl (C=O) groups excluding carboxylic acids is 1. The van der Waals surface area contributed by atoms with E-state index in [-0.39, 0.29) is 11.9 Å². The first-order chi connectivity index (χ1) is 7.16. The van der Waals surface area contributed by atoms with Crippen molar-refractivity contribution in [2.45, 2.75) is 31.3 Å². The van der Waals surface area contributed by atoms with Crippen LogP contribution >= 0.6 is 0 Å². The fourth-order valence-corrected chi connectivity index (χ4v) is 3.52. The van der Waals surface area contributed by atoms with Crippen molar-refractivity contribution in [3.63, 3.8) is 0 Å². The molecule has 2 fully saturated rings. The topological polar surface area (TPSA) is 49.4 Å². The van der Waals surface area contributed by atoms with Crippen LogP contribution < -0.4 is 5.32 Å². The number of rotatable bonds is 2. The maximum Gasteiger partial charge on any atom is 0.239 e. The van der Waals surface area contributed by atoms with E-state index in [9.17, 15) is 9.00 Å². The third kappa shape index (κ3) is 2.58. The van der Waals surface area contributed by atoms with Crippen LogP contribution in [0.2, 0.25) is 0 Å². The number of carbonyl (C=O) groups is 1. The molecule has 0 spiro atoms. The Labute approximate surface area is 92.9 Å². The van der Waals surface area contributed by atoms with Crippen LogP contribution in [0.5, 0.6) is 0 Å². The number of nitrogens with zero attached hydrogens (tertiary/aromatic N) is 1. The average Bonchev–Trinajstić information content (AvgIpc) is 2.53. The lowest BCUT2D eigenvalue weighted by atomic mass is 10.1. The first-order valence-corrected chi connectivity index (χ1v) is 7.01. The molecule has 1 amide bonds. The van der Waals surface area contributed by atoms with Crippen molar-refractivity contribution < 1.29 is 9.00 Å². The Balaban J connectivity index is 1.82. The van der Waals surface area contributed by atoms with Crippen LogP contribution in [0.3, 0.4) is 0 Å². The summed E-state index contributed by atoms with van der Waals surface area (Å²) in [6.45, 7) is 0.856. The molecule has 0 bridgehead atoms. The third-order valence-electron chi connectivity index (χ3n) is 3.25. The zero-order valence-corrected chi connectivity index (χ0v) is 9.89. The first-order valence-electron chi connectivity index (χ1n) is 5.53. The number of amides is 1. The van der Waals surface area contributed by atoms with E-state index in [2.05, 4.69) is 5.32 Å². The Kier molecular flexibility index (Phi) is 3.41. The molecule has 86 valence electrons. The van der Waals surface area contributed by atoms with E-state index in [1.807, 2.05) is 7.05 Å². The van der Waals surface area contributed by atoms with E-state index in [0.29, 0.717) is 6.04 Å². The van der Waals surface area contributed by atoms with Gasteiger partial charge in [-0.25, -0.2) is 0 Å². The third-order valence-corrected chi connectivity index (χ3v) is 4.63. The van der Waals surface area contributed by atoms with E-state index in [1.165, 1.54) is 0 Å². The van der Waals surface area contributed by atoms with Crippen LogP contribution in [0.25, 0.3) is 0 Å². The highest BCUT2D eigenvalue weighted by molar-refractivity contribution is 7.85. The van der Waals surface area contributed by atoms with E-state index in [4.69, 9.17) is 0 Å². The fourth-order valence-electron chi connectivity index (χ4n) is 2.22. The lowest BCUT2D eigenvalue weighted by Gasteiger charge is -2.25. The highest BCUT2D eigenvalue weighted by atomic mass is 32.2. The average molecular weight is 230 g/mol.